The number of aromatic nitrogens is 3. The predicted octanol–water partition coefficient (Wildman–Crippen LogP) is 23.8. The Bertz CT molecular complexity index is 5530. The fourth-order valence-electron chi connectivity index (χ4n) is 14.0. The van der Waals surface area contributed by atoms with E-state index in [0.29, 0.717) is 17.2 Å². The van der Waals surface area contributed by atoms with E-state index < -0.39 is 15.1 Å². The maximum atomic E-state index is 6.41. The lowest BCUT2D eigenvalue weighted by Crippen LogP contribution is -2.37. The Morgan fingerprint density at radius 2 is 0.429 bits per heavy atom. The standard InChI is InChI=1S/C64H42.3C9H7NO.Al/c1-3-17-43(18-4-1)45-33-37-47(38-34-45)61-57-29-11-7-25-53(57)55-27-9-13-31-59(55)63(61)51-23-15-21-49(41-51)50-22-16-24-52(42-50)64-60-32-14-10-28-56(60)54-26-8-12-30-58(54)62(64)48-39-35-46(36-40-48)44-19-5-2-6-20-44;3*11-8-5-1-3-7-4-2-6-10-9(7)8;/h1-42H;3*1-6,11H;/q;;;;+3/p-3. The first-order valence-corrected chi connectivity index (χ1v) is 34.4. The molecular weight excluding hydrogens is 1210 g/mol. The maximum Gasteiger partial charge on any atom is 1.20 e. The van der Waals surface area contributed by atoms with Gasteiger partial charge in [-0.15, -0.1) is 0 Å². The van der Waals surface area contributed by atoms with Crippen molar-refractivity contribution in [2.24, 2.45) is 0 Å². The smallest absolute Gasteiger partial charge is 0.576 e. The molecule has 18 aromatic rings. The average Bonchev–Trinajstić information content (AvgIpc) is 0.740. The molecule has 18 rings (SSSR count). The summed E-state index contributed by atoms with van der Waals surface area (Å²) in [5.41, 5.74) is 19.3. The van der Waals surface area contributed by atoms with Crippen molar-refractivity contribution in [2.45, 2.75) is 0 Å². The number of rotatable bonds is 13. The molecule has 0 aliphatic carbocycles. The summed E-state index contributed by atoms with van der Waals surface area (Å²) in [6.07, 6.45) is 5.24. The molecule has 98 heavy (non-hydrogen) atoms. The van der Waals surface area contributed by atoms with Crippen molar-refractivity contribution in [1.29, 1.82) is 0 Å². The molecule has 0 amide bonds. The first kappa shape index (κ1) is 59.3. The van der Waals surface area contributed by atoms with Crippen LogP contribution in [-0.2, 0) is 0 Å². The Balaban J connectivity index is 0.000000178. The van der Waals surface area contributed by atoms with Crippen LogP contribution in [0.3, 0.4) is 0 Å². The van der Waals surface area contributed by atoms with Gasteiger partial charge in [0.25, 0.3) is 0 Å². The quantitative estimate of drug-likeness (QED) is 0.0846. The van der Waals surface area contributed by atoms with Gasteiger partial charge in [0.1, 0.15) is 33.8 Å². The molecular formula is C91H60AlN3O3. The van der Waals surface area contributed by atoms with Gasteiger partial charge in [0.05, 0.1) is 0 Å². The third-order valence-corrected chi connectivity index (χ3v) is 19.9. The Kier molecular flexibility index (Phi) is 15.9. The van der Waals surface area contributed by atoms with Gasteiger partial charge in [-0.25, -0.2) is 0 Å². The number of fused-ring (bicyclic) bond motifs is 9. The Morgan fingerprint density at radius 3 is 0.765 bits per heavy atom. The molecule has 3 heterocycles. The summed E-state index contributed by atoms with van der Waals surface area (Å²) in [6.45, 7) is 0. The van der Waals surface area contributed by atoms with Crippen LogP contribution in [-0.4, -0.2) is 30.1 Å². The maximum absolute atomic E-state index is 6.41. The summed E-state index contributed by atoms with van der Waals surface area (Å²) >= 11 is -2.86. The molecule has 0 aliphatic heterocycles. The van der Waals surface area contributed by atoms with Crippen molar-refractivity contribution < 1.29 is 11.4 Å². The van der Waals surface area contributed by atoms with E-state index in [-0.39, 0.29) is 0 Å². The van der Waals surface area contributed by atoms with E-state index in [0.717, 1.165) is 32.7 Å². The lowest BCUT2D eigenvalue weighted by atomic mass is 9.83. The molecule has 0 bridgehead atoms. The molecule has 460 valence electrons. The highest BCUT2D eigenvalue weighted by atomic mass is 27.3. The van der Waals surface area contributed by atoms with Gasteiger partial charge >= 0.3 is 15.1 Å². The molecule has 0 spiro atoms. The van der Waals surface area contributed by atoms with Crippen molar-refractivity contribution in [3.05, 3.63) is 364 Å². The topological polar surface area (TPSA) is 66.4 Å². The number of para-hydroxylation sites is 3. The Hall–Kier alpha value is -12.5. The number of hydrogen-bond donors (Lipinski definition) is 0. The fraction of sp³-hybridized carbons (Fsp3) is 0. The number of nitrogens with zero attached hydrogens (tertiary/aromatic N) is 3. The van der Waals surface area contributed by atoms with Crippen molar-refractivity contribution in [3.63, 3.8) is 0 Å². The van der Waals surface area contributed by atoms with Crippen molar-refractivity contribution >= 4 is 90.9 Å². The van der Waals surface area contributed by atoms with Crippen LogP contribution in [0.25, 0.3) is 154 Å². The van der Waals surface area contributed by atoms with Gasteiger partial charge < -0.3 is 11.4 Å². The zero-order valence-electron chi connectivity index (χ0n) is 53.3. The fourth-order valence-corrected chi connectivity index (χ4v) is 15.3. The molecule has 0 saturated heterocycles. The van der Waals surface area contributed by atoms with Crippen LogP contribution in [0.1, 0.15) is 0 Å². The average molecular weight is 1270 g/mol. The third kappa shape index (κ3) is 11.5. The minimum absolute atomic E-state index is 0.608. The van der Waals surface area contributed by atoms with Gasteiger partial charge in [0, 0.05) is 34.7 Å². The number of pyridine rings is 3. The highest BCUT2D eigenvalue weighted by Gasteiger charge is 2.46. The molecule has 0 unspecified atom stereocenters. The summed E-state index contributed by atoms with van der Waals surface area (Å²) in [7, 11) is 0. The van der Waals surface area contributed by atoms with Gasteiger partial charge in [0.2, 0.25) is 0 Å². The first-order valence-electron chi connectivity index (χ1n) is 33.0. The zero-order chi connectivity index (χ0) is 65.1. The van der Waals surface area contributed by atoms with Crippen LogP contribution < -0.4 is 11.4 Å². The number of benzene rings is 15. The minimum atomic E-state index is -2.86. The van der Waals surface area contributed by atoms with Gasteiger partial charge in [-0.05, 0) is 170 Å². The van der Waals surface area contributed by atoms with Crippen LogP contribution in [0.5, 0.6) is 17.2 Å². The first-order chi connectivity index (χ1) is 48.6. The van der Waals surface area contributed by atoms with Crippen LogP contribution in [0.4, 0.5) is 0 Å². The van der Waals surface area contributed by atoms with Crippen LogP contribution >= 0.6 is 0 Å². The highest BCUT2D eigenvalue weighted by molar-refractivity contribution is 6.40. The summed E-state index contributed by atoms with van der Waals surface area (Å²) in [6, 6.07) is 123. The van der Waals surface area contributed by atoms with Crippen molar-refractivity contribution in [1.82, 2.24) is 15.0 Å². The molecule has 6 nitrogen and oxygen atoms in total. The van der Waals surface area contributed by atoms with Crippen molar-refractivity contribution in [3.8, 4) is 95.1 Å². The second kappa shape index (κ2) is 26.4. The van der Waals surface area contributed by atoms with Gasteiger partial charge in [-0.1, -0.05) is 297 Å². The van der Waals surface area contributed by atoms with Gasteiger partial charge in [0.15, 0.2) is 0 Å². The molecule has 0 fully saturated rings. The summed E-state index contributed by atoms with van der Waals surface area (Å²) < 4.78 is 19.2. The second-order valence-corrected chi connectivity index (χ2v) is 25.7. The largest absolute Gasteiger partial charge is 1.20 e. The Labute approximate surface area is 573 Å². The van der Waals surface area contributed by atoms with Crippen LogP contribution in [0.2, 0.25) is 0 Å². The number of hydrogen-bond acceptors (Lipinski definition) is 6. The molecule has 0 radical (unpaired) electrons. The third-order valence-electron chi connectivity index (χ3n) is 18.5. The monoisotopic (exact) mass is 1270 g/mol. The highest BCUT2D eigenvalue weighted by Crippen LogP contribution is 2.48. The van der Waals surface area contributed by atoms with E-state index in [2.05, 4.69) is 270 Å². The molecule has 0 saturated carbocycles. The van der Waals surface area contributed by atoms with E-state index in [1.807, 2.05) is 91.0 Å². The van der Waals surface area contributed by atoms with E-state index >= 15 is 0 Å². The summed E-state index contributed by atoms with van der Waals surface area (Å²) in [5, 5.41) is 13.0. The normalized spacial score (nSPS) is 11.3. The SMILES string of the molecule is c1ccc(-c2ccc(-c3c(-c4cccc(-c5cccc(-c6c(-c7ccc(-c8ccccc8)cc7)c7ccccc7c7ccccc67)c5)c4)c4ccccc4c4ccccc34)cc2)cc1.c1cnc2c([O][Al]([O]c3cccc4cccnc34)[O]c3cccc4cccnc34)cccc2c1. The molecule has 15 aromatic carbocycles. The summed E-state index contributed by atoms with van der Waals surface area (Å²) in [5.74, 6) is 1.82. The van der Waals surface area contributed by atoms with Crippen molar-refractivity contribution in [2.75, 3.05) is 0 Å². The Morgan fingerprint density at radius 1 is 0.184 bits per heavy atom. The van der Waals surface area contributed by atoms with E-state index in [1.165, 1.54) is 121 Å². The minimum Gasteiger partial charge on any atom is -0.576 e. The lowest BCUT2D eigenvalue weighted by Gasteiger charge is -2.20. The summed E-state index contributed by atoms with van der Waals surface area (Å²) in [4.78, 5) is 13.5. The van der Waals surface area contributed by atoms with E-state index in [1.54, 1.807) is 18.6 Å². The zero-order valence-corrected chi connectivity index (χ0v) is 54.4. The van der Waals surface area contributed by atoms with E-state index in [4.69, 9.17) is 11.4 Å². The van der Waals surface area contributed by atoms with Crippen LogP contribution in [0, 0.1) is 0 Å². The molecule has 0 N–H and O–H groups in total. The van der Waals surface area contributed by atoms with Gasteiger partial charge in [-0.2, -0.15) is 0 Å². The molecule has 3 aromatic heterocycles. The lowest BCUT2D eigenvalue weighted by molar-refractivity contribution is 0.311. The molecule has 0 atom stereocenters. The second-order valence-electron chi connectivity index (χ2n) is 24.4. The predicted molar refractivity (Wildman–Crippen MR) is 407 cm³/mol. The van der Waals surface area contributed by atoms with E-state index in [9.17, 15) is 0 Å². The molecule has 0 aliphatic rings. The van der Waals surface area contributed by atoms with Gasteiger partial charge in [-0.3, -0.25) is 15.0 Å². The molecule has 7 heteroatoms. The van der Waals surface area contributed by atoms with Crippen LogP contribution in [0.15, 0.2) is 364 Å².